The van der Waals surface area contributed by atoms with Crippen molar-refractivity contribution in [1.82, 2.24) is 9.71 Å². The molecule has 0 saturated carbocycles. The Hall–Kier alpha value is -0.0300. The van der Waals surface area contributed by atoms with Gasteiger partial charge in [-0.1, -0.05) is 31.1 Å². The van der Waals surface area contributed by atoms with Gasteiger partial charge < -0.3 is 4.98 Å². The molecule has 1 atom stereocenters. The predicted molar refractivity (Wildman–Crippen MR) is 59.4 cm³/mol. The van der Waals surface area contributed by atoms with Crippen LogP contribution in [0.25, 0.3) is 0 Å². The van der Waals surface area contributed by atoms with Gasteiger partial charge in [0.05, 0.1) is 0 Å². The number of hydrogen-bond acceptors (Lipinski definition) is 3. The molecule has 0 radical (unpaired) electrons. The molecule has 0 saturated heterocycles. The van der Waals surface area contributed by atoms with Crippen LogP contribution in [0.5, 0.6) is 0 Å². The topological polar surface area (TPSA) is 27.8 Å². The molecular formula is C7H11ClN2S2. The first-order valence-electron chi connectivity index (χ1n) is 3.33. The number of halogens is 1. The van der Waals surface area contributed by atoms with Crippen LogP contribution in [-0.2, 0) is 0 Å². The second-order valence-corrected chi connectivity index (χ2v) is 2.97. The van der Waals surface area contributed by atoms with E-state index in [0.29, 0.717) is 0 Å². The zero-order chi connectivity index (χ0) is 8.27. The van der Waals surface area contributed by atoms with Crippen molar-refractivity contribution >= 4 is 37.4 Å². The Morgan fingerprint density at radius 3 is 2.83 bits per heavy atom. The Morgan fingerprint density at radius 1 is 1.67 bits per heavy atom. The van der Waals surface area contributed by atoms with Gasteiger partial charge in [0.25, 0.3) is 0 Å². The molecule has 0 aliphatic carbocycles. The summed E-state index contributed by atoms with van der Waals surface area (Å²) >= 11 is 9.03. The monoisotopic (exact) mass is 222 g/mol. The van der Waals surface area contributed by atoms with Gasteiger partial charge in [0.2, 0.25) is 0 Å². The lowest BCUT2D eigenvalue weighted by molar-refractivity contribution is 0.751. The van der Waals surface area contributed by atoms with E-state index in [1.54, 1.807) is 0 Å². The molecule has 12 heavy (non-hydrogen) atoms. The highest BCUT2D eigenvalue weighted by atomic mass is 35.5. The standard InChI is InChI=1S/C7H10N2S2.ClH/c1-5(9-11)6-3-2-4-8-7(6)10;/h2-5,9,11H,1H3,(H,8,10);1H. The maximum Gasteiger partial charge on any atom is 0.108 e. The van der Waals surface area contributed by atoms with Crippen LogP contribution in [0, 0.1) is 4.64 Å². The fourth-order valence-corrected chi connectivity index (χ4v) is 1.30. The van der Waals surface area contributed by atoms with Gasteiger partial charge >= 0.3 is 0 Å². The smallest absolute Gasteiger partial charge is 0.108 e. The summed E-state index contributed by atoms with van der Waals surface area (Å²) in [5.41, 5.74) is 1.07. The van der Waals surface area contributed by atoms with Crippen LogP contribution >= 0.6 is 37.4 Å². The maximum atomic E-state index is 5.07. The molecule has 2 nitrogen and oxygen atoms in total. The third kappa shape index (κ3) is 2.79. The molecule has 0 bridgehead atoms. The highest BCUT2D eigenvalue weighted by molar-refractivity contribution is 7.78. The van der Waals surface area contributed by atoms with Crippen molar-refractivity contribution in [2.24, 2.45) is 0 Å². The van der Waals surface area contributed by atoms with Gasteiger partial charge in [-0.05, 0) is 13.0 Å². The van der Waals surface area contributed by atoms with Crippen LogP contribution in [0.15, 0.2) is 18.3 Å². The average molecular weight is 223 g/mol. The number of nitrogens with one attached hydrogen (secondary N) is 2. The van der Waals surface area contributed by atoms with Crippen LogP contribution in [-0.4, -0.2) is 4.98 Å². The Labute approximate surface area is 88.7 Å². The van der Waals surface area contributed by atoms with Crippen molar-refractivity contribution in [2.45, 2.75) is 13.0 Å². The van der Waals surface area contributed by atoms with Crippen LogP contribution in [0.3, 0.4) is 0 Å². The van der Waals surface area contributed by atoms with E-state index < -0.39 is 0 Å². The van der Waals surface area contributed by atoms with E-state index in [0.717, 1.165) is 10.2 Å². The minimum Gasteiger partial charge on any atom is -0.353 e. The largest absolute Gasteiger partial charge is 0.353 e. The third-order valence-corrected chi connectivity index (χ3v) is 2.25. The first-order valence-corrected chi connectivity index (χ1v) is 4.18. The lowest BCUT2D eigenvalue weighted by atomic mass is 10.2. The summed E-state index contributed by atoms with van der Waals surface area (Å²) in [7, 11) is 0. The molecule has 0 aliphatic heterocycles. The molecule has 68 valence electrons. The fourth-order valence-electron chi connectivity index (χ4n) is 0.845. The van der Waals surface area contributed by atoms with Crippen LogP contribution in [0.2, 0.25) is 0 Å². The summed E-state index contributed by atoms with van der Waals surface area (Å²) in [5, 5.41) is 0. The van der Waals surface area contributed by atoms with E-state index in [-0.39, 0.29) is 18.4 Å². The number of hydrogen-bond donors (Lipinski definition) is 3. The van der Waals surface area contributed by atoms with E-state index in [9.17, 15) is 0 Å². The highest BCUT2D eigenvalue weighted by Gasteiger charge is 2.02. The minimum absolute atomic E-state index is 0. The fraction of sp³-hybridized carbons (Fsp3) is 0.286. The molecular weight excluding hydrogens is 212 g/mol. The molecule has 1 unspecified atom stereocenters. The second-order valence-electron chi connectivity index (χ2n) is 2.31. The average Bonchev–Trinajstić information content (AvgIpc) is 2.04. The van der Waals surface area contributed by atoms with Gasteiger partial charge in [0, 0.05) is 17.8 Å². The third-order valence-electron chi connectivity index (χ3n) is 1.51. The maximum absolute atomic E-state index is 5.07. The van der Waals surface area contributed by atoms with Crippen LogP contribution < -0.4 is 4.72 Å². The molecule has 2 N–H and O–H groups in total. The Kier molecular flexibility index (Phi) is 5.57. The van der Waals surface area contributed by atoms with Gasteiger partial charge in [0.1, 0.15) is 4.64 Å². The van der Waals surface area contributed by atoms with Crippen LogP contribution in [0.4, 0.5) is 0 Å². The molecule has 0 spiro atoms. The van der Waals surface area contributed by atoms with Crippen molar-refractivity contribution in [1.29, 1.82) is 0 Å². The first kappa shape index (κ1) is 12.0. The molecule has 0 fully saturated rings. The molecule has 1 heterocycles. The number of pyridine rings is 1. The van der Waals surface area contributed by atoms with Crippen LogP contribution in [0.1, 0.15) is 18.5 Å². The van der Waals surface area contributed by atoms with Gasteiger partial charge in [-0.15, -0.1) is 12.4 Å². The zero-order valence-corrected chi connectivity index (χ0v) is 9.10. The quantitative estimate of drug-likeness (QED) is 0.530. The van der Waals surface area contributed by atoms with Gasteiger partial charge in [-0.3, -0.25) is 4.72 Å². The van der Waals surface area contributed by atoms with E-state index in [1.807, 2.05) is 25.3 Å². The number of H-pyrrole nitrogens is 1. The Bertz CT molecular complexity index is 287. The Balaban J connectivity index is 0.00000121. The van der Waals surface area contributed by atoms with E-state index in [4.69, 9.17) is 12.2 Å². The number of aromatic nitrogens is 1. The molecule has 0 aromatic carbocycles. The van der Waals surface area contributed by atoms with E-state index in [2.05, 4.69) is 22.5 Å². The lowest BCUT2D eigenvalue weighted by Gasteiger charge is -2.08. The molecule has 0 aliphatic rings. The van der Waals surface area contributed by atoms with E-state index >= 15 is 0 Å². The minimum atomic E-state index is 0. The summed E-state index contributed by atoms with van der Waals surface area (Å²) in [4.78, 5) is 2.96. The zero-order valence-electron chi connectivity index (χ0n) is 6.57. The van der Waals surface area contributed by atoms with Gasteiger partial charge in [-0.2, -0.15) is 0 Å². The van der Waals surface area contributed by atoms with Crippen molar-refractivity contribution in [3.05, 3.63) is 28.5 Å². The number of thiol groups is 1. The van der Waals surface area contributed by atoms with Crippen molar-refractivity contribution in [3.8, 4) is 0 Å². The summed E-state index contributed by atoms with van der Waals surface area (Å²) in [6.07, 6.45) is 1.82. The van der Waals surface area contributed by atoms with Gasteiger partial charge in [0.15, 0.2) is 0 Å². The Morgan fingerprint density at radius 2 is 2.33 bits per heavy atom. The number of aromatic amines is 1. The molecule has 1 aromatic heterocycles. The molecule has 5 heteroatoms. The summed E-state index contributed by atoms with van der Waals surface area (Å²) < 4.78 is 3.60. The summed E-state index contributed by atoms with van der Waals surface area (Å²) in [6, 6.07) is 4.09. The summed E-state index contributed by atoms with van der Waals surface area (Å²) in [6.45, 7) is 2.01. The molecule has 1 rings (SSSR count). The SMILES string of the molecule is CC(NS)c1ccc[nH]c1=S.Cl. The normalized spacial score (nSPS) is 11.8. The predicted octanol–water partition coefficient (Wildman–Crippen LogP) is 2.66. The van der Waals surface area contributed by atoms with Crippen molar-refractivity contribution in [3.63, 3.8) is 0 Å². The molecule has 1 aromatic rings. The molecule has 0 amide bonds. The van der Waals surface area contributed by atoms with Crippen molar-refractivity contribution < 1.29 is 0 Å². The second kappa shape index (κ2) is 5.59. The van der Waals surface area contributed by atoms with Gasteiger partial charge in [-0.25, -0.2) is 0 Å². The number of rotatable bonds is 2. The summed E-state index contributed by atoms with van der Waals surface area (Å²) in [5.74, 6) is 0. The first-order chi connectivity index (χ1) is 5.25. The van der Waals surface area contributed by atoms with E-state index in [1.165, 1.54) is 0 Å². The highest BCUT2D eigenvalue weighted by Crippen LogP contribution is 2.11. The lowest BCUT2D eigenvalue weighted by Crippen LogP contribution is -2.07. The van der Waals surface area contributed by atoms with Crippen molar-refractivity contribution in [2.75, 3.05) is 0 Å².